The fourth-order valence-corrected chi connectivity index (χ4v) is 3.05. The summed E-state index contributed by atoms with van der Waals surface area (Å²) in [5, 5.41) is 24.8. The van der Waals surface area contributed by atoms with Crippen molar-refractivity contribution < 1.29 is 10.2 Å². The first-order chi connectivity index (χ1) is 9.65. The van der Waals surface area contributed by atoms with E-state index in [1.807, 2.05) is 0 Å². The van der Waals surface area contributed by atoms with Gasteiger partial charge in [-0.05, 0) is 12.8 Å². The summed E-state index contributed by atoms with van der Waals surface area (Å²) in [6, 6.07) is 0. The molecule has 7 nitrogen and oxygen atoms in total. The zero-order valence-electron chi connectivity index (χ0n) is 9.99. The van der Waals surface area contributed by atoms with E-state index in [0.29, 0.717) is 16.6 Å². The largest absolute Gasteiger partial charge is 0.493 e. The van der Waals surface area contributed by atoms with Crippen LogP contribution < -0.4 is 0 Å². The van der Waals surface area contributed by atoms with Gasteiger partial charge in [-0.25, -0.2) is 4.98 Å². The molecule has 9 heteroatoms. The van der Waals surface area contributed by atoms with Crippen LogP contribution in [0.1, 0.15) is 24.6 Å². The lowest BCUT2D eigenvalue weighted by atomic mass is 10.3. The minimum absolute atomic E-state index is 0.122. The monoisotopic (exact) mass is 309 g/mol. The number of thiazole rings is 1. The maximum absolute atomic E-state index is 10.3. The Kier molecular flexibility index (Phi) is 2.39. The number of hydrogen-bond donors (Lipinski definition) is 2. The van der Waals surface area contributed by atoms with E-state index in [4.69, 9.17) is 11.6 Å². The van der Waals surface area contributed by atoms with Crippen LogP contribution in [0.25, 0.3) is 16.2 Å². The molecule has 0 bridgehead atoms. The first-order valence-electron chi connectivity index (χ1n) is 5.93. The summed E-state index contributed by atoms with van der Waals surface area (Å²) in [7, 11) is 0. The molecular formula is C11H8ClN5O2S. The van der Waals surface area contributed by atoms with Gasteiger partial charge in [0.2, 0.25) is 11.8 Å². The molecule has 102 valence electrons. The summed E-state index contributed by atoms with van der Waals surface area (Å²) in [5.74, 6) is 0.564. The minimum atomic E-state index is -0.337. The molecule has 1 aliphatic carbocycles. The van der Waals surface area contributed by atoms with Crippen molar-refractivity contribution in [2.75, 3.05) is 0 Å². The highest BCUT2D eigenvalue weighted by atomic mass is 35.5. The van der Waals surface area contributed by atoms with Crippen LogP contribution in [0.5, 0.6) is 11.8 Å². The molecule has 4 rings (SSSR count). The van der Waals surface area contributed by atoms with E-state index < -0.39 is 0 Å². The third-order valence-electron chi connectivity index (χ3n) is 3.15. The predicted octanol–water partition coefficient (Wildman–Crippen LogP) is 2.19. The van der Waals surface area contributed by atoms with Crippen LogP contribution in [-0.2, 0) is 0 Å². The highest BCUT2D eigenvalue weighted by Gasteiger charge is 2.30. The molecule has 0 radical (unpaired) electrons. The van der Waals surface area contributed by atoms with Gasteiger partial charge in [0.1, 0.15) is 10.7 Å². The first-order valence-corrected chi connectivity index (χ1v) is 7.19. The van der Waals surface area contributed by atoms with Crippen LogP contribution in [0, 0.1) is 0 Å². The zero-order valence-corrected chi connectivity index (χ0v) is 11.6. The molecule has 0 aromatic carbocycles. The average molecular weight is 310 g/mol. The summed E-state index contributed by atoms with van der Waals surface area (Å²) in [5.41, 5.74) is 1.65. The molecule has 1 aliphatic rings. The number of fused-ring (bicyclic) bond motifs is 1. The van der Waals surface area contributed by atoms with Crippen LogP contribution >= 0.6 is 22.9 Å². The molecule has 0 spiro atoms. The normalized spacial score (nSPS) is 15.1. The Labute approximate surface area is 121 Å². The quantitative estimate of drug-likeness (QED) is 0.753. The molecule has 0 amide bonds. The fraction of sp³-hybridized carbons (Fsp3) is 0.273. The first kappa shape index (κ1) is 11.9. The second-order valence-corrected chi connectivity index (χ2v) is 5.78. The number of hydrogen-bond acceptors (Lipinski definition) is 7. The predicted molar refractivity (Wildman–Crippen MR) is 72.2 cm³/mol. The Morgan fingerprint density at radius 2 is 2.10 bits per heavy atom. The molecule has 0 saturated heterocycles. The van der Waals surface area contributed by atoms with Crippen molar-refractivity contribution in [2.24, 2.45) is 0 Å². The van der Waals surface area contributed by atoms with E-state index in [1.54, 1.807) is 0 Å². The van der Waals surface area contributed by atoms with E-state index in [0.717, 1.165) is 12.8 Å². The number of nitrogens with zero attached hydrogens (tertiary/aromatic N) is 5. The molecular weight excluding hydrogens is 302 g/mol. The van der Waals surface area contributed by atoms with Crippen molar-refractivity contribution in [3.8, 4) is 22.2 Å². The summed E-state index contributed by atoms with van der Waals surface area (Å²) >= 11 is 7.14. The van der Waals surface area contributed by atoms with Crippen molar-refractivity contribution in [1.29, 1.82) is 0 Å². The lowest BCUT2D eigenvalue weighted by Gasteiger charge is -2.05. The SMILES string of the molecule is Oc1nc2nc(C3CC3)nn2c(O)c1-c1scnc1Cl. The van der Waals surface area contributed by atoms with Gasteiger partial charge in [0.05, 0.1) is 10.4 Å². The van der Waals surface area contributed by atoms with E-state index in [-0.39, 0.29) is 28.3 Å². The van der Waals surface area contributed by atoms with Crippen LogP contribution in [0.2, 0.25) is 5.15 Å². The van der Waals surface area contributed by atoms with Gasteiger partial charge < -0.3 is 10.2 Å². The average Bonchev–Trinajstić information content (AvgIpc) is 3.05. The number of rotatable bonds is 2. The van der Waals surface area contributed by atoms with Gasteiger partial charge in [0.15, 0.2) is 5.82 Å². The number of aromatic hydroxyl groups is 2. The Balaban J connectivity index is 1.99. The topological polar surface area (TPSA) is 96.4 Å². The summed E-state index contributed by atoms with van der Waals surface area (Å²) in [4.78, 5) is 12.5. The van der Waals surface area contributed by atoms with Gasteiger partial charge in [-0.3, -0.25) is 0 Å². The third-order valence-corrected chi connectivity index (χ3v) is 4.40. The van der Waals surface area contributed by atoms with Crippen LogP contribution in [0.15, 0.2) is 5.51 Å². The highest BCUT2D eigenvalue weighted by molar-refractivity contribution is 7.14. The molecule has 0 aliphatic heterocycles. The lowest BCUT2D eigenvalue weighted by molar-refractivity contribution is 0.416. The zero-order chi connectivity index (χ0) is 13.9. The summed E-state index contributed by atoms with van der Waals surface area (Å²) in [6.07, 6.45) is 2.08. The molecule has 3 aromatic rings. The maximum Gasteiger partial charge on any atom is 0.259 e. The Morgan fingerprint density at radius 3 is 2.75 bits per heavy atom. The van der Waals surface area contributed by atoms with Crippen molar-refractivity contribution in [3.63, 3.8) is 0 Å². The van der Waals surface area contributed by atoms with Crippen LogP contribution in [0.4, 0.5) is 0 Å². The van der Waals surface area contributed by atoms with Crippen LogP contribution in [-0.4, -0.2) is 34.8 Å². The van der Waals surface area contributed by atoms with Crippen molar-refractivity contribution in [2.45, 2.75) is 18.8 Å². The van der Waals surface area contributed by atoms with E-state index >= 15 is 0 Å². The Hall–Kier alpha value is -1.93. The van der Waals surface area contributed by atoms with Gasteiger partial charge in [0, 0.05) is 5.92 Å². The van der Waals surface area contributed by atoms with E-state index in [2.05, 4.69) is 20.1 Å². The third kappa shape index (κ3) is 1.65. The van der Waals surface area contributed by atoms with Crippen molar-refractivity contribution in [1.82, 2.24) is 24.6 Å². The van der Waals surface area contributed by atoms with Crippen molar-refractivity contribution >= 4 is 28.7 Å². The second kappa shape index (κ2) is 4.03. The molecule has 1 fully saturated rings. The highest BCUT2D eigenvalue weighted by Crippen LogP contribution is 2.43. The molecule has 3 aromatic heterocycles. The minimum Gasteiger partial charge on any atom is -0.493 e. The van der Waals surface area contributed by atoms with Gasteiger partial charge in [0.25, 0.3) is 5.78 Å². The lowest BCUT2D eigenvalue weighted by Crippen LogP contribution is -1.95. The molecule has 0 atom stereocenters. The molecule has 3 heterocycles. The molecule has 2 N–H and O–H groups in total. The van der Waals surface area contributed by atoms with Gasteiger partial charge >= 0.3 is 0 Å². The van der Waals surface area contributed by atoms with Gasteiger partial charge in [-0.15, -0.1) is 16.4 Å². The fourth-order valence-electron chi connectivity index (χ4n) is 2.00. The second-order valence-electron chi connectivity index (χ2n) is 4.56. The summed E-state index contributed by atoms with van der Waals surface area (Å²) in [6.45, 7) is 0. The van der Waals surface area contributed by atoms with Gasteiger partial charge in [-0.1, -0.05) is 11.6 Å². The van der Waals surface area contributed by atoms with E-state index in [1.165, 1.54) is 21.4 Å². The van der Waals surface area contributed by atoms with Gasteiger partial charge in [-0.2, -0.15) is 14.5 Å². The Morgan fingerprint density at radius 1 is 1.30 bits per heavy atom. The van der Waals surface area contributed by atoms with E-state index in [9.17, 15) is 10.2 Å². The molecule has 1 saturated carbocycles. The summed E-state index contributed by atoms with van der Waals surface area (Å²) < 4.78 is 1.22. The smallest absolute Gasteiger partial charge is 0.259 e. The van der Waals surface area contributed by atoms with Crippen LogP contribution in [0.3, 0.4) is 0 Å². The number of aromatic nitrogens is 5. The molecule has 20 heavy (non-hydrogen) atoms. The van der Waals surface area contributed by atoms with Crippen molar-refractivity contribution in [3.05, 3.63) is 16.5 Å². The molecule has 0 unspecified atom stereocenters. The number of halogens is 1. The Bertz CT molecular complexity index is 826. The standard InChI is InChI=1S/C11H8ClN5O2S/c12-7-6(20-3-13-7)5-9(18)15-11-14-8(4-1-2-4)16-17(11)10(5)19/h3-4,19H,1-2H2,(H,14,15,16,18). The maximum atomic E-state index is 10.3.